The number of rotatable bonds is 5. The van der Waals surface area contributed by atoms with Crippen LogP contribution in [0.15, 0.2) is 12.5 Å². The van der Waals surface area contributed by atoms with Gasteiger partial charge < -0.3 is 20.7 Å². The first kappa shape index (κ1) is 15.5. The van der Waals surface area contributed by atoms with Gasteiger partial charge in [-0.3, -0.25) is 14.5 Å². The minimum Gasteiger partial charge on any atom is -0.480 e. The van der Waals surface area contributed by atoms with E-state index in [2.05, 4.69) is 20.6 Å². The highest BCUT2D eigenvalue weighted by atomic mass is 16.4. The van der Waals surface area contributed by atoms with Gasteiger partial charge in [-0.15, -0.1) is 0 Å². The van der Waals surface area contributed by atoms with Crippen molar-refractivity contribution in [1.82, 2.24) is 25.5 Å². The highest BCUT2D eigenvalue weighted by Crippen LogP contribution is 2.07. The first-order valence-corrected chi connectivity index (χ1v) is 6.46. The summed E-state index contributed by atoms with van der Waals surface area (Å²) in [6.45, 7) is 0. The third-order valence-electron chi connectivity index (χ3n) is 3.27. The molecule has 0 bridgehead atoms. The summed E-state index contributed by atoms with van der Waals surface area (Å²) in [4.78, 5) is 53.7. The molecule has 1 aliphatic rings. The Balaban J connectivity index is 2.00. The highest BCUT2D eigenvalue weighted by molar-refractivity contribution is 6.02. The van der Waals surface area contributed by atoms with Crippen molar-refractivity contribution < 1.29 is 24.3 Å². The molecule has 2 heterocycles. The maximum absolute atomic E-state index is 12.1. The highest BCUT2D eigenvalue weighted by Gasteiger charge is 2.35. The van der Waals surface area contributed by atoms with Gasteiger partial charge in [-0.2, -0.15) is 0 Å². The summed E-state index contributed by atoms with van der Waals surface area (Å²) in [6, 6.07) is -2.98. The first-order valence-electron chi connectivity index (χ1n) is 6.46. The first-order chi connectivity index (χ1) is 10.4. The van der Waals surface area contributed by atoms with E-state index in [0.29, 0.717) is 5.69 Å². The van der Waals surface area contributed by atoms with Crippen LogP contribution in [0.1, 0.15) is 12.1 Å². The number of carboxylic acids is 1. The Morgan fingerprint density at radius 1 is 1.55 bits per heavy atom. The zero-order valence-corrected chi connectivity index (χ0v) is 11.7. The number of hydrogen-bond acceptors (Lipinski definition) is 5. The number of H-pyrrole nitrogens is 1. The number of carbonyl (C=O) groups excluding carboxylic acids is 3. The lowest BCUT2D eigenvalue weighted by molar-refractivity contribution is -0.142. The predicted octanol–water partition coefficient (Wildman–Crippen LogP) is -1.54. The van der Waals surface area contributed by atoms with Gasteiger partial charge in [0.2, 0.25) is 11.8 Å². The Morgan fingerprint density at radius 2 is 2.27 bits per heavy atom. The molecule has 22 heavy (non-hydrogen) atoms. The number of aromatic nitrogens is 2. The number of nitrogens with one attached hydrogen (secondary N) is 3. The smallest absolute Gasteiger partial charge is 0.326 e. The molecule has 1 saturated heterocycles. The molecule has 0 saturated carbocycles. The standard InChI is InChI=1S/C12H15N5O5/c1-17-9(18)3-7(16-12(17)22)10(19)15-8(11(20)21)2-6-4-13-5-14-6/h4-5,7-8H,2-3H2,1H3,(H,13,14)(H,15,19)(H,16,22)(H,20,21)/t7-,8+/m0/s1. The Labute approximate surface area is 124 Å². The molecule has 2 atom stereocenters. The van der Waals surface area contributed by atoms with Gasteiger partial charge in [0, 0.05) is 25.4 Å². The second-order valence-corrected chi connectivity index (χ2v) is 4.84. The van der Waals surface area contributed by atoms with Crippen molar-refractivity contribution in [1.29, 1.82) is 0 Å². The number of carbonyl (C=O) groups is 4. The molecular weight excluding hydrogens is 294 g/mol. The van der Waals surface area contributed by atoms with Crippen LogP contribution in [0.4, 0.5) is 4.79 Å². The topological polar surface area (TPSA) is 144 Å². The van der Waals surface area contributed by atoms with Crippen molar-refractivity contribution in [3.05, 3.63) is 18.2 Å². The molecule has 4 N–H and O–H groups in total. The van der Waals surface area contributed by atoms with Gasteiger partial charge in [0.15, 0.2) is 0 Å². The summed E-state index contributed by atoms with van der Waals surface area (Å²) in [5, 5.41) is 13.8. The largest absolute Gasteiger partial charge is 0.480 e. The molecular formula is C12H15N5O5. The van der Waals surface area contributed by atoms with Crippen molar-refractivity contribution in [3.8, 4) is 0 Å². The van der Waals surface area contributed by atoms with Crippen LogP contribution >= 0.6 is 0 Å². The van der Waals surface area contributed by atoms with Crippen LogP contribution in [0.2, 0.25) is 0 Å². The minimum atomic E-state index is -1.23. The summed E-state index contributed by atoms with van der Waals surface area (Å²) < 4.78 is 0. The zero-order valence-electron chi connectivity index (χ0n) is 11.7. The van der Waals surface area contributed by atoms with Gasteiger partial charge in [0.1, 0.15) is 12.1 Å². The fourth-order valence-corrected chi connectivity index (χ4v) is 1.97. The molecule has 0 aliphatic carbocycles. The summed E-state index contributed by atoms with van der Waals surface area (Å²) in [6.07, 6.45) is 2.63. The van der Waals surface area contributed by atoms with Gasteiger partial charge >= 0.3 is 12.0 Å². The number of aromatic amines is 1. The van der Waals surface area contributed by atoms with Crippen LogP contribution in [-0.4, -0.2) is 62.9 Å². The third kappa shape index (κ3) is 3.40. The molecule has 1 aliphatic heterocycles. The van der Waals surface area contributed by atoms with E-state index in [1.165, 1.54) is 19.6 Å². The lowest BCUT2D eigenvalue weighted by atomic mass is 10.1. The van der Waals surface area contributed by atoms with Crippen molar-refractivity contribution in [2.45, 2.75) is 24.9 Å². The summed E-state index contributed by atoms with van der Waals surface area (Å²) in [7, 11) is 1.30. The number of nitrogens with zero attached hydrogens (tertiary/aromatic N) is 2. The minimum absolute atomic E-state index is 0.00951. The number of aliphatic carboxylic acids is 1. The van der Waals surface area contributed by atoms with E-state index >= 15 is 0 Å². The second kappa shape index (κ2) is 6.24. The van der Waals surface area contributed by atoms with Gasteiger partial charge in [0.05, 0.1) is 12.7 Å². The summed E-state index contributed by atoms with van der Waals surface area (Å²) in [5.74, 6) is -2.46. The molecule has 10 nitrogen and oxygen atoms in total. The maximum Gasteiger partial charge on any atom is 0.326 e. The van der Waals surface area contributed by atoms with Crippen LogP contribution in [0.3, 0.4) is 0 Å². The van der Waals surface area contributed by atoms with Crippen LogP contribution in [0.25, 0.3) is 0 Å². The molecule has 0 radical (unpaired) electrons. The Morgan fingerprint density at radius 3 is 2.82 bits per heavy atom. The molecule has 10 heteroatoms. The average molecular weight is 309 g/mol. The van der Waals surface area contributed by atoms with E-state index in [9.17, 15) is 19.2 Å². The maximum atomic E-state index is 12.1. The van der Waals surface area contributed by atoms with E-state index in [1.807, 2.05) is 0 Å². The summed E-state index contributed by atoms with van der Waals surface area (Å²) in [5.41, 5.74) is 0.538. The van der Waals surface area contributed by atoms with Crippen LogP contribution in [0, 0.1) is 0 Å². The number of imidazole rings is 1. The average Bonchev–Trinajstić information content (AvgIpc) is 2.96. The van der Waals surface area contributed by atoms with E-state index in [0.717, 1.165) is 4.90 Å². The van der Waals surface area contributed by atoms with E-state index in [4.69, 9.17) is 5.11 Å². The lowest BCUT2D eigenvalue weighted by Gasteiger charge is -2.28. The van der Waals surface area contributed by atoms with Crippen LogP contribution in [0.5, 0.6) is 0 Å². The fraction of sp³-hybridized carbons (Fsp3) is 0.417. The monoisotopic (exact) mass is 309 g/mol. The van der Waals surface area contributed by atoms with E-state index < -0.39 is 35.9 Å². The quantitative estimate of drug-likeness (QED) is 0.519. The molecule has 1 aromatic rings. The number of hydrogen-bond donors (Lipinski definition) is 4. The molecule has 1 fully saturated rings. The van der Waals surface area contributed by atoms with Crippen LogP contribution < -0.4 is 10.6 Å². The van der Waals surface area contributed by atoms with Gasteiger partial charge in [-0.1, -0.05) is 0 Å². The Kier molecular flexibility index (Phi) is 4.39. The molecule has 118 valence electrons. The molecule has 1 aromatic heterocycles. The van der Waals surface area contributed by atoms with Crippen molar-refractivity contribution in [2.75, 3.05) is 7.05 Å². The molecule has 0 unspecified atom stereocenters. The third-order valence-corrected chi connectivity index (χ3v) is 3.27. The van der Waals surface area contributed by atoms with Crippen molar-refractivity contribution in [3.63, 3.8) is 0 Å². The predicted molar refractivity (Wildman–Crippen MR) is 71.6 cm³/mol. The summed E-state index contributed by atoms with van der Waals surface area (Å²) >= 11 is 0. The fourth-order valence-electron chi connectivity index (χ4n) is 1.97. The molecule has 0 spiro atoms. The zero-order chi connectivity index (χ0) is 16.3. The molecule has 2 rings (SSSR count). The van der Waals surface area contributed by atoms with E-state index in [1.54, 1.807) is 0 Å². The Bertz CT molecular complexity index is 581. The van der Waals surface area contributed by atoms with Crippen molar-refractivity contribution in [2.24, 2.45) is 0 Å². The van der Waals surface area contributed by atoms with Crippen LogP contribution in [-0.2, 0) is 20.8 Å². The van der Waals surface area contributed by atoms with E-state index in [-0.39, 0.29) is 12.8 Å². The molecule has 4 amide bonds. The number of carboxylic acid groups (broad SMARTS) is 1. The van der Waals surface area contributed by atoms with Gasteiger partial charge in [-0.25, -0.2) is 14.6 Å². The SMILES string of the molecule is CN1C(=O)C[C@@H](C(=O)N[C@H](Cc2cnc[nH]2)C(=O)O)NC1=O. The van der Waals surface area contributed by atoms with Gasteiger partial charge in [-0.05, 0) is 0 Å². The Hall–Kier alpha value is -2.91. The number of amides is 4. The second-order valence-electron chi connectivity index (χ2n) is 4.84. The number of imide groups is 1. The number of urea groups is 1. The normalized spacial score (nSPS) is 19.5. The molecule has 0 aromatic carbocycles. The lowest BCUT2D eigenvalue weighted by Crippen LogP contribution is -2.59. The van der Waals surface area contributed by atoms with Crippen molar-refractivity contribution >= 4 is 23.8 Å². The van der Waals surface area contributed by atoms with Gasteiger partial charge in [0.25, 0.3) is 0 Å².